The van der Waals surface area contributed by atoms with Crippen LogP contribution in [0.2, 0.25) is 0 Å². The van der Waals surface area contributed by atoms with Gasteiger partial charge in [0.1, 0.15) is 0 Å². The van der Waals surface area contributed by atoms with E-state index in [1.54, 1.807) is 0 Å². The SMILES string of the molecule is CCCCC1CP(F)(N(CC)CC)(N(CC)CC)O1. The van der Waals surface area contributed by atoms with E-state index in [2.05, 4.69) is 6.92 Å². The van der Waals surface area contributed by atoms with Gasteiger partial charge in [-0.1, -0.05) is 0 Å². The normalized spacial score (nSPS) is 26.9. The molecule has 0 amide bonds. The summed E-state index contributed by atoms with van der Waals surface area (Å²) in [5.74, 6) is 0. The molecule has 1 saturated heterocycles. The standard InChI is InChI=1S/C14H32FN2OP/c1-6-11-12-14-13-19(15,18-14,16(7-2)8-3)17(9-4)10-5/h14H,6-13H2,1-5H3. The van der Waals surface area contributed by atoms with Crippen LogP contribution in [0.4, 0.5) is 4.20 Å². The first-order chi connectivity index (χ1) is 8.99. The molecule has 0 N–H and O–H groups in total. The van der Waals surface area contributed by atoms with E-state index in [9.17, 15) is 0 Å². The molecule has 0 bridgehead atoms. The summed E-state index contributed by atoms with van der Waals surface area (Å²) in [5.41, 5.74) is 0. The molecule has 0 spiro atoms. The van der Waals surface area contributed by atoms with Crippen LogP contribution in [0.1, 0.15) is 53.9 Å². The van der Waals surface area contributed by atoms with Gasteiger partial charge in [0.25, 0.3) is 0 Å². The Balaban J connectivity index is 2.88. The van der Waals surface area contributed by atoms with E-state index in [4.69, 9.17) is 4.52 Å². The zero-order valence-electron chi connectivity index (χ0n) is 13.4. The maximum absolute atomic E-state index is 16.1. The van der Waals surface area contributed by atoms with Crippen LogP contribution in [0.5, 0.6) is 0 Å². The number of rotatable bonds is 9. The van der Waals surface area contributed by atoms with E-state index in [0.717, 1.165) is 45.4 Å². The molecule has 1 aliphatic heterocycles. The van der Waals surface area contributed by atoms with Crippen molar-refractivity contribution in [2.75, 3.05) is 32.3 Å². The summed E-state index contributed by atoms with van der Waals surface area (Å²) >= 11 is 0. The maximum atomic E-state index is 16.1. The summed E-state index contributed by atoms with van der Waals surface area (Å²) in [7, 11) is -3.73. The summed E-state index contributed by atoms with van der Waals surface area (Å²) in [6, 6.07) is 0. The molecule has 19 heavy (non-hydrogen) atoms. The van der Waals surface area contributed by atoms with Gasteiger partial charge >= 0.3 is 118 Å². The average Bonchev–Trinajstić information content (AvgIpc) is 2.36. The molecule has 1 unspecified atom stereocenters. The second kappa shape index (κ2) is 6.80. The molecule has 0 radical (unpaired) electrons. The minimum absolute atomic E-state index is 0.129. The van der Waals surface area contributed by atoms with Gasteiger partial charge < -0.3 is 0 Å². The summed E-state index contributed by atoms with van der Waals surface area (Å²) in [6.45, 7) is 13.2. The predicted octanol–water partition coefficient (Wildman–Crippen LogP) is 4.44. The molecule has 0 saturated carbocycles. The molecule has 1 aliphatic rings. The van der Waals surface area contributed by atoms with Crippen molar-refractivity contribution in [3.63, 3.8) is 0 Å². The van der Waals surface area contributed by atoms with E-state index in [1.807, 2.05) is 37.0 Å². The van der Waals surface area contributed by atoms with Crippen LogP contribution >= 0.6 is 7.44 Å². The Morgan fingerprint density at radius 1 is 1.00 bits per heavy atom. The summed E-state index contributed by atoms with van der Waals surface area (Å²) in [4.78, 5) is 0. The van der Waals surface area contributed by atoms with E-state index in [1.165, 1.54) is 0 Å². The van der Waals surface area contributed by atoms with E-state index in [0.29, 0.717) is 6.16 Å². The monoisotopic (exact) mass is 294 g/mol. The average molecular weight is 294 g/mol. The van der Waals surface area contributed by atoms with Crippen molar-refractivity contribution < 1.29 is 8.72 Å². The fourth-order valence-corrected chi connectivity index (χ4v) is 8.12. The zero-order valence-corrected chi connectivity index (χ0v) is 14.3. The summed E-state index contributed by atoms with van der Waals surface area (Å²) in [5, 5.41) is 0. The quantitative estimate of drug-likeness (QED) is 0.585. The fraction of sp³-hybridized carbons (Fsp3) is 1.00. The van der Waals surface area contributed by atoms with Crippen molar-refractivity contribution in [3.8, 4) is 0 Å². The Labute approximate surface area is 118 Å². The first-order valence-corrected chi connectivity index (χ1v) is 10.1. The molecule has 116 valence electrons. The topological polar surface area (TPSA) is 15.7 Å². The third-order valence-corrected chi connectivity index (χ3v) is 9.37. The second-order valence-electron chi connectivity index (χ2n) is 5.33. The summed E-state index contributed by atoms with van der Waals surface area (Å²) in [6.07, 6.45) is 4.02. The van der Waals surface area contributed by atoms with Gasteiger partial charge in [0, 0.05) is 0 Å². The number of nitrogens with zero attached hydrogens (tertiary/aromatic N) is 2. The van der Waals surface area contributed by atoms with Crippen LogP contribution in [0, 0.1) is 0 Å². The number of hydrogen-bond acceptors (Lipinski definition) is 3. The van der Waals surface area contributed by atoms with E-state index >= 15 is 4.20 Å². The molecule has 0 aromatic rings. The second-order valence-corrected chi connectivity index (χ2v) is 9.05. The third-order valence-electron chi connectivity index (χ3n) is 4.31. The van der Waals surface area contributed by atoms with Gasteiger partial charge in [-0.15, -0.1) is 0 Å². The predicted molar refractivity (Wildman–Crippen MR) is 83.1 cm³/mol. The third kappa shape index (κ3) is 2.97. The molecular formula is C14H32FN2OP. The molecular weight excluding hydrogens is 262 g/mol. The van der Waals surface area contributed by atoms with Crippen LogP contribution in [0.25, 0.3) is 0 Å². The molecule has 0 aromatic carbocycles. The van der Waals surface area contributed by atoms with E-state index in [-0.39, 0.29) is 6.10 Å². The zero-order chi connectivity index (χ0) is 14.5. The molecule has 0 aromatic heterocycles. The van der Waals surface area contributed by atoms with Crippen molar-refractivity contribution in [1.82, 2.24) is 9.34 Å². The Hall–Kier alpha value is 0.240. The van der Waals surface area contributed by atoms with Crippen LogP contribution in [-0.4, -0.2) is 47.8 Å². The van der Waals surface area contributed by atoms with Gasteiger partial charge in [0.15, 0.2) is 0 Å². The molecule has 1 fully saturated rings. The molecule has 3 nitrogen and oxygen atoms in total. The van der Waals surface area contributed by atoms with E-state index < -0.39 is 7.44 Å². The molecule has 1 heterocycles. The number of unbranched alkanes of at least 4 members (excludes halogenated alkanes) is 1. The van der Waals surface area contributed by atoms with Crippen molar-refractivity contribution in [3.05, 3.63) is 0 Å². The number of halogens is 1. The van der Waals surface area contributed by atoms with Gasteiger partial charge in [-0.3, -0.25) is 0 Å². The van der Waals surface area contributed by atoms with Gasteiger partial charge in [-0.05, 0) is 0 Å². The molecule has 0 aliphatic carbocycles. The Morgan fingerprint density at radius 2 is 1.42 bits per heavy atom. The molecule has 1 rings (SSSR count). The van der Waals surface area contributed by atoms with Crippen molar-refractivity contribution in [2.24, 2.45) is 0 Å². The van der Waals surface area contributed by atoms with Crippen LogP contribution in [-0.2, 0) is 4.52 Å². The van der Waals surface area contributed by atoms with Crippen LogP contribution < -0.4 is 0 Å². The Bertz CT molecular complexity index is 261. The minimum atomic E-state index is -3.73. The molecule has 1 atom stereocenters. The fourth-order valence-electron chi connectivity index (χ4n) is 3.29. The van der Waals surface area contributed by atoms with Gasteiger partial charge in [-0.25, -0.2) is 0 Å². The Kier molecular flexibility index (Phi) is 6.19. The van der Waals surface area contributed by atoms with Crippen molar-refractivity contribution in [2.45, 2.75) is 60.0 Å². The molecule has 5 heteroatoms. The van der Waals surface area contributed by atoms with Gasteiger partial charge in [0.05, 0.1) is 0 Å². The summed E-state index contributed by atoms with van der Waals surface area (Å²) < 4.78 is 26.0. The van der Waals surface area contributed by atoms with Crippen LogP contribution in [0.3, 0.4) is 0 Å². The van der Waals surface area contributed by atoms with Crippen molar-refractivity contribution >= 4 is 7.44 Å². The van der Waals surface area contributed by atoms with Crippen LogP contribution in [0.15, 0.2) is 0 Å². The van der Waals surface area contributed by atoms with Crippen molar-refractivity contribution in [1.29, 1.82) is 0 Å². The van der Waals surface area contributed by atoms with Gasteiger partial charge in [-0.2, -0.15) is 0 Å². The van der Waals surface area contributed by atoms with Gasteiger partial charge in [0.2, 0.25) is 0 Å². The number of hydrogen-bond donors (Lipinski definition) is 0. The first-order valence-electron chi connectivity index (χ1n) is 7.92. The Morgan fingerprint density at radius 3 is 1.74 bits per heavy atom. The first kappa shape index (κ1) is 17.3.